The van der Waals surface area contributed by atoms with Gasteiger partial charge in [-0.3, -0.25) is 4.79 Å². The Balaban J connectivity index is 2.28. The van der Waals surface area contributed by atoms with E-state index in [2.05, 4.69) is 0 Å². The van der Waals surface area contributed by atoms with Crippen LogP contribution in [0, 0.1) is 5.92 Å². The normalized spacial score (nSPS) is 24.8. The Bertz CT molecular complexity index is 258. The van der Waals surface area contributed by atoms with E-state index in [9.17, 15) is 4.79 Å². The van der Waals surface area contributed by atoms with Gasteiger partial charge in [0.2, 0.25) is 0 Å². The second-order valence-corrected chi connectivity index (χ2v) is 7.01. The van der Waals surface area contributed by atoms with Crippen molar-refractivity contribution in [1.29, 1.82) is 0 Å². The van der Waals surface area contributed by atoms with Crippen molar-refractivity contribution in [3.05, 3.63) is 0 Å². The van der Waals surface area contributed by atoms with Gasteiger partial charge < -0.3 is 9.47 Å². The Hall–Kier alpha value is -0.570. The predicted molar refractivity (Wildman–Crippen MR) is 95.6 cm³/mol. The Morgan fingerprint density at radius 1 is 0.696 bits per heavy atom. The van der Waals surface area contributed by atoms with Crippen LogP contribution in [0.25, 0.3) is 0 Å². The lowest BCUT2D eigenvalue weighted by Crippen LogP contribution is -2.18. The second kappa shape index (κ2) is 15.0. The van der Waals surface area contributed by atoms with Crippen LogP contribution in [0.5, 0.6) is 0 Å². The zero-order valence-corrected chi connectivity index (χ0v) is 15.3. The van der Waals surface area contributed by atoms with Gasteiger partial charge in [-0.1, -0.05) is 77.0 Å². The van der Waals surface area contributed by atoms with Crippen LogP contribution in [0.1, 0.15) is 96.3 Å². The molecule has 1 unspecified atom stereocenters. The number of rotatable bonds is 1. The van der Waals surface area contributed by atoms with Crippen molar-refractivity contribution in [2.45, 2.75) is 96.3 Å². The number of hydrogen-bond acceptors (Lipinski definition) is 3. The van der Waals surface area contributed by atoms with Gasteiger partial charge in [-0.15, -0.1) is 0 Å². The van der Waals surface area contributed by atoms with Gasteiger partial charge in [0.25, 0.3) is 0 Å². The van der Waals surface area contributed by atoms with Gasteiger partial charge in [-0.2, -0.15) is 0 Å². The summed E-state index contributed by atoms with van der Waals surface area (Å²) in [7, 11) is 1.50. The molecular formula is C20H38O3. The van der Waals surface area contributed by atoms with E-state index < -0.39 is 0 Å². The molecule has 0 aromatic carbocycles. The van der Waals surface area contributed by atoms with E-state index in [0.717, 1.165) is 32.3 Å². The predicted octanol–water partition coefficient (Wildman–Crippen LogP) is 5.66. The van der Waals surface area contributed by atoms with E-state index in [0.29, 0.717) is 6.61 Å². The topological polar surface area (TPSA) is 35.5 Å². The van der Waals surface area contributed by atoms with Crippen LogP contribution in [0.4, 0.5) is 0 Å². The van der Waals surface area contributed by atoms with Gasteiger partial charge in [0.1, 0.15) is 0 Å². The van der Waals surface area contributed by atoms with Crippen molar-refractivity contribution >= 4 is 5.97 Å². The van der Waals surface area contributed by atoms with E-state index in [1.165, 1.54) is 77.7 Å². The molecule has 23 heavy (non-hydrogen) atoms. The Kier molecular flexibility index (Phi) is 13.3. The molecule has 1 fully saturated rings. The highest BCUT2D eigenvalue weighted by atomic mass is 16.5. The molecule has 3 heteroatoms. The molecular weight excluding hydrogens is 288 g/mol. The lowest BCUT2D eigenvalue weighted by molar-refractivity contribution is -0.146. The quantitative estimate of drug-likeness (QED) is 0.583. The molecule has 0 spiro atoms. The Morgan fingerprint density at radius 3 is 1.70 bits per heavy atom. The molecule has 1 heterocycles. The van der Waals surface area contributed by atoms with Crippen LogP contribution >= 0.6 is 0 Å². The molecule has 0 N–H and O–H groups in total. The van der Waals surface area contributed by atoms with Crippen molar-refractivity contribution in [1.82, 2.24) is 0 Å². The fraction of sp³-hybridized carbons (Fsp3) is 0.950. The average molecular weight is 327 g/mol. The first-order valence-corrected chi connectivity index (χ1v) is 10.00. The molecule has 0 radical (unpaired) electrons. The highest BCUT2D eigenvalue weighted by molar-refractivity contribution is 5.72. The largest absolute Gasteiger partial charge is 0.469 e. The monoisotopic (exact) mass is 326 g/mol. The summed E-state index contributed by atoms with van der Waals surface area (Å²) in [5.74, 6) is -0.0263. The highest BCUT2D eigenvalue weighted by Gasteiger charge is 2.18. The number of methoxy groups -OCH3 is 1. The summed E-state index contributed by atoms with van der Waals surface area (Å²) in [6, 6.07) is 0. The molecule has 0 saturated carbocycles. The number of carbonyl (C=O) groups is 1. The van der Waals surface area contributed by atoms with E-state index in [1.807, 2.05) is 0 Å². The minimum atomic E-state index is -0.0560. The molecule has 1 rings (SSSR count). The van der Waals surface area contributed by atoms with Crippen molar-refractivity contribution in [2.24, 2.45) is 5.92 Å². The van der Waals surface area contributed by atoms with Crippen LogP contribution < -0.4 is 0 Å². The summed E-state index contributed by atoms with van der Waals surface area (Å²) in [5.41, 5.74) is 0. The summed E-state index contributed by atoms with van der Waals surface area (Å²) in [6.07, 6.45) is 19.0. The maximum Gasteiger partial charge on any atom is 0.308 e. The SMILES string of the molecule is COC(=O)C1CCCCCCCCCCCCCCCOCC1. The third-order valence-electron chi connectivity index (χ3n) is 4.99. The molecule has 0 aromatic rings. The van der Waals surface area contributed by atoms with Crippen LogP contribution in [0.15, 0.2) is 0 Å². The molecule has 136 valence electrons. The van der Waals surface area contributed by atoms with Gasteiger partial charge in [0.05, 0.1) is 13.0 Å². The number of carbonyl (C=O) groups excluding carboxylic acids is 1. The number of hydrogen-bond donors (Lipinski definition) is 0. The zero-order chi connectivity index (χ0) is 16.6. The van der Waals surface area contributed by atoms with Crippen molar-refractivity contribution < 1.29 is 14.3 Å². The first-order chi connectivity index (χ1) is 11.3. The van der Waals surface area contributed by atoms with Gasteiger partial charge >= 0.3 is 5.97 Å². The van der Waals surface area contributed by atoms with Gasteiger partial charge in [0.15, 0.2) is 0 Å². The summed E-state index contributed by atoms with van der Waals surface area (Å²) in [4.78, 5) is 11.9. The Labute approximate surface area is 143 Å². The molecule has 0 aliphatic carbocycles. The number of esters is 1. The lowest BCUT2D eigenvalue weighted by atomic mass is 9.97. The molecule has 0 amide bonds. The van der Waals surface area contributed by atoms with Crippen LogP contribution in [-0.4, -0.2) is 26.3 Å². The second-order valence-electron chi connectivity index (χ2n) is 7.01. The standard InChI is InChI=1S/C20H38O3/c1-22-20(21)19-15-13-11-9-7-5-3-2-4-6-8-10-12-14-17-23-18-16-19/h19H,2-18H2,1H3. The molecule has 1 aliphatic heterocycles. The summed E-state index contributed by atoms with van der Waals surface area (Å²) in [5, 5.41) is 0. The van der Waals surface area contributed by atoms with Gasteiger partial charge in [-0.05, 0) is 19.3 Å². The van der Waals surface area contributed by atoms with Crippen LogP contribution in [-0.2, 0) is 14.3 Å². The van der Waals surface area contributed by atoms with Crippen molar-refractivity contribution in [3.63, 3.8) is 0 Å². The fourth-order valence-corrected chi connectivity index (χ4v) is 3.41. The van der Waals surface area contributed by atoms with E-state index in [-0.39, 0.29) is 11.9 Å². The van der Waals surface area contributed by atoms with Crippen LogP contribution in [0.3, 0.4) is 0 Å². The summed E-state index contributed by atoms with van der Waals surface area (Å²) < 4.78 is 10.7. The smallest absolute Gasteiger partial charge is 0.308 e. The molecule has 1 atom stereocenters. The fourth-order valence-electron chi connectivity index (χ4n) is 3.41. The third kappa shape index (κ3) is 11.6. The minimum Gasteiger partial charge on any atom is -0.469 e. The zero-order valence-electron chi connectivity index (χ0n) is 15.3. The minimum absolute atomic E-state index is 0.0297. The first-order valence-electron chi connectivity index (χ1n) is 10.00. The third-order valence-corrected chi connectivity index (χ3v) is 4.99. The summed E-state index contributed by atoms with van der Waals surface area (Å²) >= 11 is 0. The Morgan fingerprint density at radius 2 is 1.17 bits per heavy atom. The maximum absolute atomic E-state index is 11.9. The van der Waals surface area contributed by atoms with Crippen molar-refractivity contribution in [3.8, 4) is 0 Å². The van der Waals surface area contributed by atoms with E-state index in [4.69, 9.17) is 9.47 Å². The molecule has 1 aliphatic rings. The van der Waals surface area contributed by atoms with Crippen molar-refractivity contribution in [2.75, 3.05) is 20.3 Å². The molecule has 1 saturated heterocycles. The first kappa shape index (κ1) is 20.5. The molecule has 3 nitrogen and oxygen atoms in total. The summed E-state index contributed by atoms with van der Waals surface area (Å²) in [6.45, 7) is 1.54. The average Bonchev–Trinajstić information content (AvgIpc) is 2.57. The van der Waals surface area contributed by atoms with Gasteiger partial charge in [-0.25, -0.2) is 0 Å². The number of ether oxygens (including phenoxy) is 2. The van der Waals surface area contributed by atoms with E-state index >= 15 is 0 Å². The molecule has 0 bridgehead atoms. The molecule has 0 aromatic heterocycles. The maximum atomic E-state index is 11.9. The highest BCUT2D eigenvalue weighted by Crippen LogP contribution is 2.18. The van der Waals surface area contributed by atoms with Gasteiger partial charge in [0, 0.05) is 13.2 Å². The van der Waals surface area contributed by atoms with E-state index in [1.54, 1.807) is 0 Å². The lowest BCUT2D eigenvalue weighted by Gasteiger charge is -2.14. The van der Waals surface area contributed by atoms with Crippen LogP contribution in [0.2, 0.25) is 0 Å².